The van der Waals surface area contributed by atoms with Crippen LogP contribution in [-0.4, -0.2) is 15.6 Å². The first-order chi connectivity index (χ1) is 8.16. The van der Waals surface area contributed by atoms with E-state index in [9.17, 15) is 4.79 Å². The Morgan fingerprint density at radius 1 is 1.35 bits per heavy atom. The van der Waals surface area contributed by atoms with Crippen molar-refractivity contribution in [1.29, 1.82) is 0 Å². The Balaban J connectivity index is 2.11. The van der Waals surface area contributed by atoms with Crippen molar-refractivity contribution in [1.82, 2.24) is 9.78 Å². The number of carbonyl (C=O) groups excluding carboxylic acids is 1. The molecule has 0 bridgehead atoms. The fourth-order valence-electron chi connectivity index (χ4n) is 1.69. The van der Waals surface area contributed by atoms with Gasteiger partial charge in [0, 0.05) is 24.5 Å². The summed E-state index contributed by atoms with van der Waals surface area (Å²) >= 11 is 0. The molecule has 1 heterocycles. The van der Waals surface area contributed by atoms with Crippen LogP contribution in [0.3, 0.4) is 0 Å². The number of hydrogen-bond donors (Lipinski definition) is 1. The smallest absolute Gasteiger partial charge is 0.161 e. The Kier molecular flexibility index (Phi) is 3.23. The second-order valence-corrected chi connectivity index (χ2v) is 3.94. The molecule has 0 atom stereocenters. The van der Waals surface area contributed by atoms with E-state index in [2.05, 4.69) is 10.4 Å². The molecule has 0 aliphatic heterocycles. The summed E-state index contributed by atoms with van der Waals surface area (Å²) < 4.78 is 1.76. The summed E-state index contributed by atoms with van der Waals surface area (Å²) in [7, 11) is 1.88. The van der Waals surface area contributed by atoms with Gasteiger partial charge in [-0.15, -0.1) is 0 Å². The van der Waals surface area contributed by atoms with Crippen LogP contribution in [0.4, 0.5) is 5.69 Å². The molecule has 0 aliphatic carbocycles. The van der Waals surface area contributed by atoms with Gasteiger partial charge >= 0.3 is 0 Å². The van der Waals surface area contributed by atoms with E-state index < -0.39 is 0 Å². The zero-order valence-electron chi connectivity index (χ0n) is 9.97. The van der Waals surface area contributed by atoms with Crippen LogP contribution in [0.1, 0.15) is 23.0 Å². The summed E-state index contributed by atoms with van der Waals surface area (Å²) in [5.74, 6) is 0.0640. The number of para-hydroxylation sites is 1. The fraction of sp³-hybridized carbons (Fsp3) is 0.231. The summed E-state index contributed by atoms with van der Waals surface area (Å²) in [4.78, 5) is 11.4. The van der Waals surface area contributed by atoms with Gasteiger partial charge in [-0.25, -0.2) is 0 Å². The second kappa shape index (κ2) is 4.82. The summed E-state index contributed by atoms with van der Waals surface area (Å²) in [5.41, 5.74) is 2.51. The Bertz CT molecular complexity index is 531. The number of rotatable bonds is 4. The molecule has 0 unspecified atom stereocenters. The van der Waals surface area contributed by atoms with Crippen LogP contribution in [-0.2, 0) is 13.6 Å². The van der Waals surface area contributed by atoms with Crippen molar-refractivity contribution in [2.45, 2.75) is 13.5 Å². The van der Waals surface area contributed by atoms with Crippen molar-refractivity contribution in [2.75, 3.05) is 5.32 Å². The van der Waals surface area contributed by atoms with Crippen molar-refractivity contribution in [2.24, 2.45) is 7.05 Å². The lowest BCUT2D eigenvalue weighted by Gasteiger charge is -2.08. The monoisotopic (exact) mass is 229 g/mol. The minimum atomic E-state index is 0.0640. The standard InChI is InChI=1S/C13H15N3O/c1-10(17)12-5-3-4-6-13(12)14-9-11-7-8-16(2)15-11/h3-8,14H,9H2,1-2H3. The van der Waals surface area contributed by atoms with Gasteiger partial charge in [0.05, 0.1) is 12.2 Å². The SMILES string of the molecule is CC(=O)c1ccccc1NCc1ccn(C)n1. The molecular weight excluding hydrogens is 214 g/mol. The van der Waals surface area contributed by atoms with Crippen LogP contribution in [0.2, 0.25) is 0 Å². The van der Waals surface area contributed by atoms with E-state index in [1.165, 1.54) is 0 Å². The van der Waals surface area contributed by atoms with Crippen molar-refractivity contribution in [3.63, 3.8) is 0 Å². The Morgan fingerprint density at radius 3 is 2.76 bits per heavy atom. The van der Waals surface area contributed by atoms with Gasteiger partial charge in [-0.2, -0.15) is 5.10 Å². The third-order valence-corrected chi connectivity index (χ3v) is 2.54. The first kappa shape index (κ1) is 11.4. The number of ketones is 1. The van der Waals surface area contributed by atoms with Crippen molar-refractivity contribution >= 4 is 11.5 Å². The molecule has 1 N–H and O–H groups in total. The van der Waals surface area contributed by atoms with Gasteiger partial charge in [0.1, 0.15) is 0 Å². The van der Waals surface area contributed by atoms with E-state index in [1.807, 2.05) is 43.6 Å². The zero-order valence-corrected chi connectivity index (χ0v) is 9.97. The van der Waals surface area contributed by atoms with Crippen LogP contribution < -0.4 is 5.32 Å². The Labute approximate surface area is 100 Å². The highest BCUT2D eigenvalue weighted by Crippen LogP contribution is 2.16. The van der Waals surface area contributed by atoms with Crippen molar-refractivity contribution in [3.05, 3.63) is 47.8 Å². The fourth-order valence-corrected chi connectivity index (χ4v) is 1.69. The van der Waals surface area contributed by atoms with Crippen LogP contribution in [0.5, 0.6) is 0 Å². The molecule has 17 heavy (non-hydrogen) atoms. The van der Waals surface area contributed by atoms with E-state index >= 15 is 0 Å². The van der Waals surface area contributed by atoms with Gasteiger partial charge in [0.25, 0.3) is 0 Å². The van der Waals surface area contributed by atoms with Crippen LogP contribution >= 0.6 is 0 Å². The number of benzene rings is 1. The zero-order chi connectivity index (χ0) is 12.3. The van der Waals surface area contributed by atoms with Crippen LogP contribution in [0, 0.1) is 0 Å². The molecule has 88 valence electrons. The lowest BCUT2D eigenvalue weighted by molar-refractivity contribution is 0.101. The van der Waals surface area contributed by atoms with Gasteiger partial charge in [-0.1, -0.05) is 12.1 Å². The predicted octanol–water partition coefficient (Wildman–Crippen LogP) is 2.23. The lowest BCUT2D eigenvalue weighted by Crippen LogP contribution is -2.05. The van der Waals surface area contributed by atoms with Gasteiger partial charge in [-0.3, -0.25) is 9.48 Å². The Hall–Kier alpha value is -2.10. The average Bonchev–Trinajstić information content (AvgIpc) is 2.73. The molecule has 0 saturated heterocycles. The number of nitrogens with zero attached hydrogens (tertiary/aromatic N) is 2. The number of nitrogens with one attached hydrogen (secondary N) is 1. The third-order valence-electron chi connectivity index (χ3n) is 2.54. The third kappa shape index (κ3) is 2.72. The molecule has 2 rings (SSSR count). The van der Waals surface area contributed by atoms with E-state index in [-0.39, 0.29) is 5.78 Å². The molecule has 4 heteroatoms. The van der Waals surface area contributed by atoms with E-state index in [1.54, 1.807) is 11.6 Å². The topological polar surface area (TPSA) is 46.9 Å². The van der Waals surface area contributed by atoms with Crippen molar-refractivity contribution in [3.8, 4) is 0 Å². The van der Waals surface area contributed by atoms with Gasteiger partial charge in [0.2, 0.25) is 0 Å². The van der Waals surface area contributed by atoms with E-state index in [0.29, 0.717) is 12.1 Å². The number of carbonyl (C=O) groups is 1. The highest BCUT2D eigenvalue weighted by molar-refractivity contribution is 5.99. The minimum absolute atomic E-state index is 0.0640. The predicted molar refractivity (Wildman–Crippen MR) is 67.0 cm³/mol. The number of Topliss-reactive ketones (excluding diaryl/α,β-unsaturated/α-hetero) is 1. The summed E-state index contributed by atoms with van der Waals surface area (Å²) in [6, 6.07) is 9.45. The Morgan fingerprint density at radius 2 is 2.12 bits per heavy atom. The number of aryl methyl sites for hydroxylation is 1. The molecule has 0 fully saturated rings. The molecule has 2 aromatic rings. The molecule has 0 aliphatic rings. The minimum Gasteiger partial charge on any atom is -0.379 e. The van der Waals surface area contributed by atoms with E-state index in [0.717, 1.165) is 11.4 Å². The molecule has 1 aromatic heterocycles. The average molecular weight is 229 g/mol. The molecule has 0 radical (unpaired) electrons. The van der Waals surface area contributed by atoms with Gasteiger partial charge in [-0.05, 0) is 25.1 Å². The maximum absolute atomic E-state index is 11.4. The first-order valence-electron chi connectivity index (χ1n) is 5.49. The molecular formula is C13H15N3O. The number of hydrogen-bond acceptors (Lipinski definition) is 3. The number of anilines is 1. The first-order valence-corrected chi connectivity index (χ1v) is 5.49. The molecule has 1 aromatic carbocycles. The van der Waals surface area contributed by atoms with Crippen molar-refractivity contribution < 1.29 is 4.79 Å². The number of aromatic nitrogens is 2. The summed E-state index contributed by atoms with van der Waals surface area (Å²) in [5, 5.41) is 7.50. The normalized spacial score (nSPS) is 10.2. The van der Waals surface area contributed by atoms with E-state index in [4.69, 9.17) is 0 Å². The lowest BCUT2D eigenvalue weighted by atomic mass is 10.1. The van der Waals surface area contributed by atoms with Gasteiger partial charge in [0.15, 0.2) is 5.78 Å². The second-order valence-electron chi connectivity index (χ2n) is 3.94. The highest BCUT2D eigenvalue weighted by Gasteiger charge is 2.06. The van der Waals surface area contributed by atoms with Crippen LogP contribution in [0.15, 0.2) is 36.5 Å². The molecule has 0 spiro atoms. The van der Waals surface area contributed by atoms with Crippen LogP contribution in [0.25, 0.3) is 0 Å². The highest BCUT2D eigenvalue weighted by atomic mass is 16.1. The van der Waals surface area contributed by atoms with Gasteiger partial charge < -0.3 is 5.32 Å². The maximum atomic E-state index is 11.4. The summed E-state index contributed by atoms with van der Waals surface area (Å²) in [6.07, 6.45) is 1.90. The molecule has 0 saturated carbocycles. The quantitative estimate of drug-likeness (QED) is 0.818. The largest absolute Gasteiger partial charge is 0.379 e. The molecule has 0 amide bonds. The maximum Gasteiger partial charge on any atom is 0.161 e. The molecule has 4 nitrogen and oxygen atoms in total. The summed E-state index contributed by atoms with van der Waals surface area (Å²) in [6.45, 7) is 2.19.